The lowest BCUT2D eigenvalue weighted by Gasteiger charge is -2.18. The third-order valence-corrected chi connectivity index (χ3v) is 3.73. The predicted octanol–water partition coefficient (Wildman–Crippen LogP) is 3.34. The summed E-state index contributed by atoms with van der Waals surface area (Å²) < 4.78 is 0. The molecule has 1 fully saturated rings. The van der Waals surface area contributed by atoms with Crippen LogP contribution in [0.1, 0.15) is 31.4 Å². The first kappa shape index (κ1) is 16.6. The molecule has 3 nitrogen and oxygen atoms in total. The lowest BCUT2D eigenvalue weighted by atomic mass is 10.1. The van der Waals surface area contributed by atoms with Crippen LogP contribution in [0.3, 0.4) is 0 Å². The van der Waals surface area contributed by atoms with Crippen molar-refractivity contribution in [3.63, 3.8) is 0 Å². The molecule has 0 spiro atoms. The molecule has 2 N–H and O–H groups in total. The predicted molar refractivity (Wildman–Crippen MR) is 81.3 cm³/mol. The van der Waals surface area contributed by atoms with Gasteiger partial charge in [0, 0.05) is 10.0 Å². The van der Waals surface area contributed by atoms with Crippen molar-refractivity contribution in [3.8, 4) is 0 Å². The van der Waals surface area contributed by atoms with Gasteiger partial charge in [-0.3, -0.25) is 4.79 Å². The van der Waals surface area contributed by atoms with Crippen LogP contribution in [0.15, 0.2) is 18.2 Å². The minimum absolute atomic E-state index is 0. The summed E-state index contributed by atoms with van der Waals surface area (Å²) in [5.74, 6) is 0.0333. The van der Waals surface area contributed by atoms with Crippen molar-refractivity contribution in [1.29, 1.82) is 0 Å². The summed E-state index contributed by atoms with van der Waals surface area (Å²) in [5.41, 5.74) is 0.882. The maximum atomic E-state index is 12.0. The van der Waals surface area contributed by atoms with Crippen LogP contribution in [-0.4, -0.2) is 18.5 Å². The molecule has 0 aliphatic carbocycles. The Hall–Kier alpha value is -0.480. The average Bonchev–Trinajstić information content (AvgIpc) is 2.81. The van der Waals surface area contributed by atoms with Crippen molar-refractivity contribution in [2.24, 2.45) is 0 Å². The van der Waals surface area contributed by atoms with Crippen LogP contribution >= 0.6 is 35.6 Å². The molecular formula is C13H17Cl3N2O. The number of rotatable bonds is 3. The molecule has 1 heterocycles. The average molecular weight is 324 g/mol. The van der Waals surface area contributed by atoms with Crippen molar-refractivity contribution in [2.45, 2.75) is 31.8 Å². The first-order chi connectivity index (χ1) is 8.58. The molecule has 1 aromatic carbocycles. The van der Waals surface area contributed by atoms with E-state index in [-0.39, 0.29) is 30.4 Å². The topological polar surface area (TPSA) is 41.1 Å². The van der Waals surface area contributed by atoms with Gasteiger partial charge in [-0.2, -0.15) is 0 Å². The first-order valence-electron chi connectivity index (χ1n) is 6.06. The molecule has 1 aliphatic heterocycles. The Kier molecular flexibility index (Phi) is 6.40. The Morgan fingerprint density at radius 3 is 2.79 bits per heavy atom. The van der Waals surface area contributed by atoms with Gasteiger partial charge >= 0.3 is 0 Å². The molecule has 1 aromatic rings. The van der Waals surface area contributed by atoms with Crippen molar-refractivity contribution in [2.75, 3.05) is 6.54 Å². The van der Waals surface area contributed by atoms with Crippen molar-refractivity contribution >= 4 is 41.5 Å². The first-order valence-corrected chi connectivity index (χ1v) is 6.82. The highest BCUT2D eigenvalue weighted by Crippen LogP contribution is 2.26. The third kappa shape index (κ3) is 4.25. The van der Waals surface area contributed by atoms with Gasteiger partial charge in [-0.1, -0.05) is 29.3 Å². The van der Waals surface area contributed by atoms with E-state index in [4.69, 9.17) is 23.2 Å². The number of carbonyl (C=O) groups excluding carboxylic acids is 1. The number of hydrogen-bond acceptors (Lipinski definition) is 2. The highest BCUT2D eigenvalue weighted by molar-refractivity contribution is 6.35. The zero-order valence-corrected chi connectivity index (χ0v) is 12.9. The number of hydrogen-bond donors (Lipinski definition) is 2. The number of benzene rings is 1. The highest BCUT2D eigenvalue weighted by Gasteiger charge is 2.23. The smallest absolute Gasteiger partial charge is 0.237 e. The third-order valence-electron chi connectivity index (χ3n) is 3.16. The van der Waals surface area contributed by atoms with Crippen LogP contribution in [0, 0.1) is 0 Å². The molecule has 0 bridgehead atoms. The largest absolute Gasteiger partial charge is 0.348 e. The summed E-state index contributed by atoms with van der Waals surface area (Å²) in [6.45, 7) is 2.83. The van der Waals surface area contributed by atoms with E-state index in [9.17, 15) is 4.79 Å². The zero-order valence-electron chi connectivity index (χ0n) is 10.6. The van der Waals surface area contributed by atoms with Gasteiger partial charge in [0.2, 0.25) is 5.91 Å². The van der Waals surface area contributed by atoms with Gasteiger partial charge in [-0.25, -0.2) is 0 Å². The van der Waals surface area contributed by atoms with Gasteiger partial charge in [0.25, 0.3) is 0 Å². The van der Waals surface area contributed by atoms with Crippen LogP contribution in [0.4, 0.5) is 0 Å². The Labute approximate surface area is 129 Å². The van der Waals surface area contributed by atoms with Gasteiger partial charge in [0.05, 0.1) is 12.1 Å². The number of amides is 1. The fourth-order valence-electron chi connectivity index (χ4n) is 2.15. The van der Waals surface area contributed by atoms with Crippen molar-refractivity contribution in [1.82, 2.24) is 10.6 Å². The Bertz CT molecular complexity index is 448. The molecule has 6 heteroatoms. The molecular weight excluding hydrogens is 307 g/mol. The summed E-state index contributed by atoms with van der Waals surface area (Å²) >= 11 is 12.0. The fourth-order valence-corrected chi connectivity index (χ4v) is 2.72. The number of halogens is 3. The molecule has 2 rings (SSSR count). The zero-order chi connectivity index (χ0) is 13.1. The van der Waals surface area contributed by atoms with Crippen LogP contribution in [0.5, 0.6) is 0 Å². The summed E-state index contributed by atoms with van der Waals surface area (Å²) in [4.78, 5) is 12.0. The molecule has 1 aliphatic rings. The molecule has 0 aromatic heterocycles. The second kappa shape index (κ2) is 7.34. The molecule has 2 atom stereocenters. The van der Waals surface area contributed by atoms with E-state index in [0.717, 1.165) is 24.9 Å². The maximum absolute atomic E-state index is 12.0. The van der Waals surface area contributed by atoms with E-state index in [0.29, 0.717) is 10.0 Å². The Morgan fingerprint density at radius 2 is 2.21 bits per heavy atom. The molecule has 1 saturated heterocycles. The van der Waals surface area contributed by atoms with Gasteiger partial charge in [0.1, 0.15) is 0 Å². The van der Waals surface area contributed by atoms with Crippen LogP contribution in [-0.2, 0) is 4.79 Å². The van der Waals surface area contributed by atoms with E-state index in [1.165, 1.54) is 0 Å². The maximum Gasteiger partial charge on any atom is 0.237 e. The standard InChI is InChI=1S/C13H16Cl2N2O.ClH/c1-8(10-5-4-9(14)7-11(10)15)17-13(18)12-3-2-6-16-12;/h4-5,7-8,12,16H,2-3,6H2,1H3,(H,17,18);1H/t8?,12-;/m0./s1. The number of nitrogens with one attached hydrogen (secondary N) is 2. The summed E-state index contributed by atoms with van der Waals surface area (Å²) in [6.07, 6.45) is 1.95. The second-order valence-electron chi connectivity index (χ2n) is 4.55. The quantitative estimate of drug-likeness (QED) is 0.895. The van der Waals surface area contributed by atoms with Crippen LogP contribution in [0.2, 0.25) is 10.0 Å². The summed E-state index contributed by atoms with van der Waals surface area (Å²) in [5, 5.41) is 7.32. The molecule has 0 saturated carbocycles. The normalized spacial score (nSPS) is 19.6. The molecule has 0 radical (unpaired) electrons. The van der Waals surface area contributed by atoms with Gasteiger partial charge < -0.3 is 10.6 Å². The van der Waals surface area contributed by atoms with Crippen molar-refractivity contribution < 1.29 is 4.79 Å². The van der Waals surface area contributed by atoms with Crippen LogP contribution < -0.4 is 10.6 Å². The van der Waals surface area contributed by atoms with E-state index in [2.05, 4.69) is 10.6 Å². The fraction of sp³-hybridized carbons (Fsp3) is 0.462. The second-order valence-corrected chi connectivity index (χ2v) is 5.39. The monoisotopic (exact) mass is 322 g/mol. The highest BCUT2D eigenvalue weighted by atomic mass is 35.5. The lowest BCUT2D eigenvalue weighted by molar-refractivity contribution is -0.123. The van der Waals surface area contributed by atoms with Crippen molar-refractivity contribution in [3.05, 3.63) is 33.8 Å². The summed E-state index contributed by atoms with van der Waals surface area (Å²) in [6, 6.07) is 5.12. The van der Waals surface area contributed by atoms with E-state index >= 15 is 0 Å². The Morgan fingerprint density at radius 1 is 1.47 bits per heavy atom. The molecule has 1 amide bonds. The lowest BCUT2D eigenvalue weighted by Crippen LogP contribution is -2.41. The number of carbonyl (C=O) groups is 1. The minimum atomic E-state index is -0.121. The molecule has 106 valence electrons. The SMILES string of the molecule is CC(NC(=O)[C@@H]1CCCN1)c1ccc(Cl)cc1Cl.Cl. The van der Waals surface area contributed by atoms with Gasteiger partial charge in [-0.05, 0) is 44.0 Å². The van der Waals surface area contributed by atoms with Gasteiger partial charge in [-0.15, -0.1) is 12.4 Å². The Balaban J connectivity index is 0.00000180. The van der Waals surface area contributed by atoms with E-state index in [1.54, 1.807) is 12.1 Å². The summed E-state index contributed by atoms with van der Waals surface area (Å²) in [7, 11) is 0. The van der Waals surface area contributed by atoms with Gasteiger partial charge in [0.15, 0.2) is 0 Å². The van der Waals surface area contributed by atoms with Crippen LogP contribution in [0.25, 0.3) is 0 Å². The minimum Gasteiger partial charge on any atom is -0.348 e. The van der Waals surface area contributed by atoms with E-state index in [1.807, 2.05) is 13.0 Å². The van der Waals surface area contributed by atoms with E-state index < -0.39 is 0 Å². The molecule has 1 unspecified atom stereocenters. The molecule has 19 heavy (non-hydrogen) atoms.